The van der Waals surface area contributed by atoms with Crippen LogP contribution in [0.5, 0.6) is 0 Å². The minimum Gasteiger partial charge on any atom is -0.451 e. The molecule has 0 N–H and O–H groups in total. The van der Waals surface area contributed by atoms with Crippen molar-refractivity contribution in [3.63, 3.8) is 0 Å². The van der Waals surface area contributed by atoms with Gasteiger partial charge in [0.2, 0.25) is 0 Å². The third-order valence-corrected chi connectivity index (χ3v) is 6.37. The summed E-state index contributed by atoms with van der Waals surface area (Å²) in [5.41, 5.74) is 1.93. The molecular weight excluding hydrogens is 413 g/mol. The van der Waals surface area contributed by atoms with Crippen LogP contribution in [0.4, 0.5) is 4.39 Å². The number of carbonyl (C=O) groups excluding carboxylic acids is 2. The van der Waals surface area contributed by atoms with Gasteiger partial charge in [0.15, 0.2) is 17.5 Å². The SMILES string of the molecule is CSc1ncc(C(=O)OCC(=O)N2CCc3sccc3C2)n1-c1ccc(F)cc1. The van der Waals surface area contributed by atoms with E-state index >= 15 is 0 Å². The molecular formula is C20H18FN3O3S2. The van der Waals surface area contributed by atoms with Gasteiger partial charge in [-0.15, -0.1) is 11.3 Å². The monoisotopic (exact) mass is 431 g/mol. The zero-order valence-electron chi connectivity index (χ0n) is 15.6. The molecule has 0 unspecified atom stereocenters. The molecule has 4 rings (SSSR count). The van der Waals surface area contributed by atoms with E-state index in [1.54, 1.807) is 32.9 Å². The van der Waals surface area contributed by atoms with Crippen LogP contribution in [0.25, 0.3) is 5.69 Å². The Morgan fingerprint density at radius 1 is 1.28 bits per heavy atom. The minimum atomic E-state index is -0.649. The lowest BCUT2D eigenvalue weighted by Gasteiger charge is -2.26. The molecule has 3 aromatic rings. The highest BCUT2D eigenvalue weighted by atomic mass is 32.2. The fourth-order valence-electron chi connectivity index (χ4n) is 3.22. The number of carbonyl (C=O) groups is 2. The Morgan fingerprint density at radius 3 is 2.83 bits per heavy atom. The van der Waals surface area contributed by atoms with Crippen molar-refractivity contribution in [2.24, 2.45) is 0 Å². The number of thioether (sulfide) groups is 1. The molecule has 1 amide bonds. The van der Waals surface area contributed by atoms with E-state index in [1.807, 2.05) is 17.7 Å². The van der Waals surface area contributed by atoms with Crippen LogP contribution in [0.15, 0.2) is 47.1 Å². The van der Waals surface area contributed by atoms with E-state index in [9.17, 15) is 14.0 Å². The number of imidazole rings is 1. The zero-order valence-corrected chi connectivity index (χ0v) is 17.3. The van der Waals surface area contributed by atoms with Gasteiger partial charge in [-0.1, -0.05) is 11.8 Å². The number of hydrogen-bond acceptors (Lipinski definition) is 6. The second-order valence-electron chi connectivity index (χ2n) is 6.45. The van der Waals surface area contributed by atoms with Crippen molar-refractivity contribution in [1.29, 1.82) is 0 Å². The summed E-state index contributed by atoms with van der Waals surface area (Å²) in [7, 11) is 0. The summed E-state index contributed by atoms with van der Waals surface area (Å²) in [5, 5.41) is 2.59. The van der Waals surface area contributed by atoms with Crippen molar-refractivity contribution in [3.05, 3.63) is 63.9 Å². The second kappa shape index (κ2) is 8.38. The van der Waals surface area contributed by atoms with E-state index in [1.165, 1.54) is 35.0 Å². The topological polar surface area (TPSA) is 64.4 Å². The molecule has 9 heteroatoms. The first-order valence-corrected chi connectivity index (χ1v) is 11.0. The van der Waals surface area contributed by atoms with E-state index < -0.39 is 5.97 Å². The van der Waals surface area contributed by atoms with Gasteiger partial charge in [0.25, 0.3) is 5.91 Å². The number of benzene rings is 1. The highest BCUT2D eigenvalue weighted by molar-refractivity contribution is 7.98. The Balaban J connectivity index is 1.46. The Bertz CT molecular complexity index is 1050. The summed E-state index contributed by atoms with van der Waals surface area (Å²) in [6, 6.07) is 7.77. The van der Waals surface area contributed by atoms with Crippen molar-refractivity contribution < 1.29 is 18.7 Å². The van der Waals surface area contributed by atoms with Crippen LogP contribution in [-0.4, -0.2) is 45.7 Å². The molecule has 1 aromatic carbocycles. The maximum atomic E-state index is 13.3. The van der Waals surface area contributed by atoms with Gasteiger partial charge in [-0.25, -0.2) is 14.2 Å². The van der Waals surface area contributed by atoms with Crippen molar-refractivity contribution >= 4 is 35.0 Å². The molecule has 1 aliphatic heterocycles. The molecule has 0 spiro atoms. The molecule has 6 nitrogen and oxygen atoms in total. The highest BCUT2D eigenvalue weighted by Gasteiger charge is 2.24. The standard InChI is InChI=1S/C20H18FN3O3S2/c1-28-20-22-10-16(24(20)15-4-2-14(21)3-5-15)19(26)27-12-18(25)23-8-6-17-13(11-23)7-9-29-17/h2-5,7,9-10H,6,8,11-12H2,1H3. The van der Waals surface area contributed by atoms with Gasteiger partial charge in [-0.2, -0.15) is 0 Å². The highest BCUT2D eigenvalue weighted by Crippen LogP contribution is 2.25. The normalized spacial score (nSPS) is 13.2. The molecule has 0 fully saturated rings. The molecule has 0 saturated carbocycles. The number of halogens is 1. The number of aromatic nitrogens is 2. The van der Waals surface area contributed by atoms with Crippen LogP contribution >= 0.6 is 23.1 Å². The quantitative estimate of drug-likeness (QED) is 0.457. The molecule has 29 heavy (non-hydrogen) atoms. The van der Waals surface area contributed by atoms with Gasteiger partial charge in [0.05, 0.1) is 6.20 Å². The first kappa shape index (κ1) is 19.7. The lowest BCUT2D eigenvalue weighted by molar-refractivity contribution is -0.135. The first-order chi connectivity index (χ1) is 14.1. The largest absolute Gasteiger partial charge is 0.451 e. The molecule has 0 atom stereocenters. The summed E-state index contributed by atoms with van der Waals surface area (Å²) in [6.07, 6.45) is 4.05. The lowest BCUT2D eigenvalue weighted by atomic mass is 10.1. The van der Waals surface area contributed by atoms with E-state index in [0.29, 0.717) is 23.9 Å². The van der Waals surface area contributed by atoms with Gasteiger partial charge in [0.1, 0.15) is 5.82 Å². The first-order valence-electron chi connectivity index (χ1n) is 8.94. The van der Waals surface area contributed by atoms with Crippen LogP contribution in [0.2, 0.25) is 0 Å². The third kappa shape index (κ3) is 4.06. The van der Waals surface area contributed by atoms with Crippen molar-refractivity contribution in [2.75, 3.05) is 19.4 Å². The molecule has 1 aliphatic rings. The minimum absolute atomic E-state index is 0.188. The van der Waals surface area contributed by atoms with E-state index in [-0.39, 0.29) is 24.0 Å². The number of amides is 1. The smallest absolute Gasteiger partial charge is 0.357 e. The molecule has 0 radical (unpaired) electrons. The zero-order chi connectivity index (χ0) is 20.4. The summed E-state index contributed by atoms with van der Waals surface area (Å²) in [4.78, 5) is 32.4. The number of thiophene rings is 1. The fourth-order valence-corrected chi connectivity index (χ4v) is 4.65. The number of rotatable bonds is 5. The average Bonchev–Trinajstić information content (AvgIpc) is 3.38. The summed E-state index contributed by atoms with van der Waals surface area (Å²) in [6.45, 7) is 0.828. The van der Waals surface area contributed by atoms with Gasteiger partial charge in [0, 0.05) is 23.7 Å². The third-order valence-electron chi connectivity index (χ3n) is 4.69. The van der Waals surface area contributed by atoms with E-state index in [0.717, 1.165) is 12.0 Å². The maximum absolute atomic E-state index is 13.3. The molecule has 150 valence electrons. The van der Waals surface area contributed by atoms with Crippen molar-refractivity contribution in [2.45, 2.75) is 18.1 Å². The van der Waals surface area contributed by atoms with E-state index in [2.05, 4.69) is 4.98 Å². The lowest BCUT2D eigenvalue weighted by Crippen LogP contribution is -2.38. The molecule has 2 aromatic heterocycles. The van der Waals surface area contributed by atoms with Gasteiger partial charge in [-0.05, 0) is 54.0 Å². The van der Waals surface area contributed by atoms with Crippen molar-refractivity contribution in [1.82, 2.24) is 14.5 Å². The molecule has 0 aliphatic carbocycles. The predicted molar refractivity (Wildman–Crippen MR) is 109 cm³/mol. The van der Waals surface area contributed by atoms with Gasteiger partial charge in [-0.3, -0.25) is 9.36 Å². The Hall–Kier alpha value is -2.65. The predicted octanol–water partition coefficient (Wildman–Crippen LogP) is 3.54. The van der Waals surface area contributed by atoms with Crippen molar-refractivity contribution in [3.8, 4) is 5.69 Å². The Kier molecular flexibility index (Phi) is 5.68. The van der Waals surface area contributed by atoms with Gasteiger partial charge < -0.3 is 9.64 Å². The second-order valence-corrected chi connectivity index (χ2v) is 8.23. The molecule has 0 saturated heterocycles. The Morgan fingerprint density at radius 2 is 2.07 bits per heavy atom. The van der Waals surface area contributed by atoms with Gasteiger partial charge >= 0.3 is 5.97 Å². The maximum Gasteiger partial charge on any atom is 0.357 e. The number of nitrogens with zero attached hydrogens (tertiary/aromatic N) is 3. The Labute approximate surface area is 175 Å². The van der Waals surface area contributed by atoms with Crippen LogP contribution in [-0.2, 0) is 22.5 Å². The van der Waals surface area contributed by atoms with Crippen LogP contribution < -0.4 is 0 Å². The molecule has 0 bridgehead atoms. The molecule has 3 heterocycles. The van der Waals surface area contributed by atoms with Crippen LogP contribution in [0.3, 0.4) is 0 Å². The van der Waals surface area contributed by atoms with E-state index in [4.69, 9.17) is 4.74 Å². The fraction of sp³-hybridized carbons (Fsp3) is 0.250. The number of hydrogen-bond donors (Lipinski definition) is 0. The van der Waals surface area contributed by atoms with Crippen LogP contribution in [0, 0.1) is 5.82 Å². The number of fused-ring (bicyclic) bond motifs is 1. The summed E-state index contributed by atoms with van der Waals surface area (Å²) >= 11 is 3.05. The summed E-state index contributed by atoms with van der Waals surface area (Å²) in [5.74, 6) is -1.25. The van der Waals surface area contributed by atoms with Crippen LogP contribution in [0.1, 0.15) is 20.9 Å². The average molecular weight is 432 g/mol. The summed E-state index contributed by atoms with van der Waals surface area (Å²) < 4.78 is 20.1. The number of esters is 1. The number of ether oxygens (including phenoxy) is 1.